The molecule has 3 heterocycles. The Morgan fingerprint density at radius 2 is 2.00 bits per heavy atom. The van der Waals surface area contributed by atoms with Gasteiger partial charge in [-0.25, -0.2) is 0 Å². The van der Waals surface area contributed by atoms with Gasteiger partial charge >= 0.3 is 0 Å². The molecule has 1 unspecified atom stereocenters. The molecule has 0 saturated carbocycles. The fraction of sp³-hybridized carbons (Fsp3) is 0.318. The van der Waals surface area contributed by atoms with Crippen LogP contribution in [0.4, 0.5) is 5.69 Å². The van der Waals surface area contributed by atoms with E-state index in [4.69, 9.17) is 0 Å². The highest BCUT2D eigenvalue weighted by Gasteiger charge is 2.35. The lowest BCUT2D eigenvalue weighted by Crippen LogP contribution is -3.14. The average Bonchev–Trinajstić information content (AvgIpc) is 3.33. The average molecular weight is 398 g/mol. The van der Waals surface area contributed by atoms with Gasteiger partial charge in [-0.15, -0.1) is 22.7 Å². The van der Waals surface area contributed by atoms with Crippen molar-refractivity contribution in [1.29, 1.82) is 0 Å². The van der Waals surface area contributed by atoms with Crippen molar-refractivity contribution < 1.29 is 9.69 Å². The van der Waals surface area contributed by atoms with Gasteiger partial charge in [0.05, 0.1) is 11.4 Å². The minimum atomic E-state index is 0.0957. The summed E-state index contributed by atoms with van der Waals surface area (Å²) in [7, 11) is 0. The zero-order valence-corrected chi connectivity index (χ0v) is 17.3. The molecule has 0 fully saturated rings. The molecule has 3 nitrogen and oxygen atoms in total. The van der Waals surface area contributed by atoms with Gasteiger partial charge in [-0.3, -0.25) is 4.79 Å². The van der Waals surface area contributed by atoms with E-state index in [0.717, 1.165) is 18.7 Å². The monoisotopic (exact) mass is 397 g/mol. The first kappa shape index (κ1) is 18.4. The summed E-state index contributed by atoms with van der Waals surface area (Å²) in [4.78, 5) is 17.1. The van der Waals surface area contributed by atoms with Crippen LogP contribution in [-0.4, -0.2) is 19.0 Å². The number of rotatable bonds is 5. The first-order valence-corrected chi connectivity index (χ1v) is 11.2. The van der Waals surface area contributed by atoms with Gasteiger partial charge in [0.1, 0.15) is 6.04 Å². The zero-order valence-electron chi connectivity index (χ0n) is 15.7. The van der Waals surface area contributed by atoms with Gasteiger partial charge < -0.3 is 10.2 Å². The molecule has 2 aromatic heterocycles. The van der Waals surface area contributed by atoms with Crippen molar-refractivity contribution in [2.75, 3.05) is 18.4 Å². The molecule has 5 heteroatoms. The number of nitrogens with one attached hydrogen (secondary N) is 2. The number of anilines is 1. The lowest BCUT2D eigenvalue weighted by atomic mass is 9.98. The molecule has 27 heavy (non-hydrogen) atoms. The van der Waals surface area contributed by atoms with Crippen molar-refractivity contribution in [3.8, 4) is 0 Å². The molecule has 4 rings (SSSR count). The minimum Gasteiger partial charge on any atom is -0.321 e. The smallest absolute Gasteiger partial charge is 0.279 e. The van der Waals surface area contributed by atoms with Gasteiger partial charge in [0.15, 0.2) is 6.54 Å². The van der Waals surface area contributed by atoms with Crippen molar-refractivity contribution in [3.05, 3.63) is 74.1 Å². The predicted molar refractivity (Wildman–Crippen MR) is 114 cm³/mol. The van der Waals surface area contributed by atoms with Gasteiger partial charge in [-0.05, 0) is 40.4 Å². The maximum atomic E-state index is 12.9. The molecule has 0 spiro atoms. The van der Waals surface area contributed by atoms with Crippen molar-refractivity contribution >= 4 is 34.3 Å². The number of hydrogen-bond acceptors (Lipinski definition) is 3. The third-order valence-corrected chi connectivity index (χ3v) is 7.18. The summed E-state index contributed by atoms with van der Waals surface area (Å²) in [5, 5.41) is 7.49. The van der Waals surface area contributed by atoms with Crippen molar-refractivity contribution in [3.63, 3.8) is 0 Å². The Morgan fingerprint density at radius 1 is 1.15 bits per heavy atom. The largest absolute Gasteiger partial charge is 0.321 e. The van der Waals surface area contributed by atoms with Gasteiger partial charge in [0.25, 0.3) is 5.91 Å². The summed E-state index contributed by atoms with van der Waals surface area (Å²) >= 11 is 3.64. The molecule has 2 N–H and O–H groups in total. The first-order chi connectivity index (χ1) is 13.1. The fourth-order valence-corrected chi connectivity index (χ4v) is 5.79. The van der Waals surface area contributed by atoms with Crippen LogP contribution in [0.3, 0.4) is 0 Å². The second kappa shape index (κ2) is 7.97. The van der Waals surface area contributed by atoms with E-state index in [1.54, 1.807) is 11.3 Å². The fourth-order valence-electron chi connectivity index (χ4n) is 3.96. The minimum absolute atomic E-state index is 0.0957. The highest BCUT2D eigenvalue weighted by atomic mass is 32.1. The van der Waals surface area contributed by atoms with Crippen LogP contribution < -0.4 is 10.2 Å². The van der Waals surface area contributed by atoms with Crippen molar-refractivity contribution in [2.24, 2.45) is 0 Å². The normalized spacial score (nSPS) is 19.1. The highest BCUT2D eigenvalue weighted by Crippen LogP contribution is 2.31. The van der Waals surface area contributed by atoms with E-state index in [0.29, 0.717) is 12.5 Å². The summed E-state index contributed by atoms with van der Waals surface area (Å²) in [5.74, 6) is 0.481. The Labute approximate surface area is 168 Å². The van der Waals surface area contributed by atoms with Crippen LogP contribution >= 0.6 is 22.7 Å². The molecule has 1 amide bonds. The molecule has 2 atom stereocenters. The number of fused-ring (bicyclic) bond motifs is 1. The van der Waals surface area contributed by atoms with Gasteiger partial charge in [0.2, 0.25) is 0 Å². The van der Waals surface area contributed by atoms with Crippen LogP contribution in [0.15, 0.2) is 53.2 Å². The molecule has 1 aromatic carbocycles. The van der Waals surface area contributed by atoms with Crippen molar-refractivity contribution in [2.45, 2.75) is 32.2 Å². The number of hydrogen-bond donors (Lipinski definition) is 2. The van der Waals surface area contributed by atoms with Crippen LogP contribution in [0.1, 0.15) is 46.7 Å². The summed E-state index contributed by atoms with van der Waals surface area (Å²) < 4.78 is 0. The van der Waals surface area contributed by atoms with E-state index in [1.165, 1.54) is 25.8 Å². The topological polar surface area (TPSA) is 33.5 Å². The number of benzene rings is 1. The number of carbonyl (C=O) groups excluding carboxylic acids is 1. The molecular formula is C22H25N2OS2+. The van der Waals surface area contributed by atoms with Crippen molar-refractivity contribution in [1.82, 2.24) is 0 Å². The molecule has 1 aliphatic heterocycles. The molecule has 1 aliphatic rings. The molecular weight excluding hydrogens is 372 g/mol. The van der Waals surface area contributed by atoms with E-state index in [2.05, 4.69) is 54.2 Å². The Balaban J connectivity index is 1.54. The van der Waals surface area contributed by atoms with E-state index in [9.17, 15) is 4.79 Å². The summed E-state index contributed by atoms with van der Waals surface area (Å²) in [6, 6.07) is 15.0. The van der Waals surface area contributed by atoms with Crippen LogP contribution in [0.5, 0.6) is 0 Å². The standard InChI is InChI=1S/C22H24N2OS2/c1-15(2)16-6-3-4-7-18(16)23-21(25)14-24-11-9-19-17(10-13-27-19)22(24)20-8-5-12-26-20/h3-8,10,12-13,15,22H,9,11,14H2,1-2H3,(H,23,25)/p+1/t22-/m1/s1. The summed E-state index contributed by atoms with van der Waals surface area (Å²) in [6.45, 7) is 5.80. The Kier molecular flexibility index (Phi) is 5.43. The Hall–Kier alpha value is -1.95. The molecule has 140 valence electrons. The molecule has 0 aliphatic carbocycles. The SMILES string of the molecule is CC(C)c1ccccc1NC(=O)C[NH+]1CCc2sccc2[C@@H]1c1cccs1. The Bertz CT molecular complexity index is 914. The lowest BCUT2D eigenvalue weighted by molar-refractivity contribution is -0.919. The second-order valence-electron chi connectivity index (χ2n) is 7.37. The molecule has 0 saturated heterocycles. The molecule has 0 radical (unpaired) electrons. The predicted octanol–water partition coefficient (Wildman–Crippen LogP) is 4.10. The van der Waals surface area contributed by atoms with E-state index in [1.807, 2.05) is 29.5 Å². The van der Waals surface area contributed by atoms with E-state index < -0.39 is 0 Å². The van der Waals surface area contributed by atoms with E-state index in [-0.39, 0.29) is 11.9 Å². The summed E-state index contributed by atoms with van der Waals surface area (Å²) in [5.41, 5.74) is 3.53. The Morgan fingerprint density at radius 3 is 2.78 bits per heavy atom. The first-order valence-electron chi connectivity index (χ1n) is 9.46. The van der Waals surface area contributed by atoms with Crippen LogP contribution in [0.2, 0.25) is 0 Å². The van der Waals surface area contributed by atoms with Crippen LogP contribution in [0.25, 0.3) is 0 Å². The lowest BCUT2D eigenvalue weighted by Gasteiger charge is -2.31. The molecule has 0 bridgehead atoms. The van der Waals surface area contributed by atoms with Gasteiger partial charge in [-0.2, -0.15) is 0 Å². The molecule has 3 aromatic rings. The van der Waals surface area contributed by atoms with E-state index >= 15 is 0 Å². The van der Waals surface area contributed by atoms with Crippen LogP contribution in [-0.2, 0) is 11.2 Å². The third-order valence-electron chi connectivity index (χ3n) is 5.24. The maximum Gasteiger partial charge on any atom is 0.279 e. The number of para-hydroxylation sites is 1. The third kappa shape index (κ3) is 3.86. The second-order valence-corrected chi connectivity index (χ2v) is 9.35. The number of thiophene rings is 2. The van der Waals surface area contributed by atoms with Crippen LogP contribution in [0, 0.1) is 0 Å². The van der Waals surface area contributed by atoms with Gasteiger partial charge in [0, 0.05) is 22.5 Å². The maximum absolute atomic E-state index is 12.9. The summed E-state index contributed by atoms with van der Waals surface area (Å²) in [6.07, 6.45) is 1.06. The number of carbonyl (C=O) groups is 1. The van der Waals surface area contributed by atoms with Gasteiger partial charge in [-0.1, -0.05) is 38.1 Å². The number of quaternary nitrogens is 1. The zero-order chi connectivity index (χ0) is 18.8. The number of amides is 1. The highest BCUT2D eigenvalue weighted by molar-refractivity contribution is 7.10. The quantitative estimate of drug-likeness (QED) is 0.668.